The third-order valence-electron chi connectivity index (χ3n) is 1.55. The molecular weight excluding hydrogens is 152 g/mol. The van der Waals surface area contributed by atoms with Gasteiger partial charge in [0, 0.05) is 19.4 Å². The molecule has 2 rings (SSSR count). The quantitative estimate of drug-likeness (QED) is 0.622. The van der Waals surface area contributed by atoms with Crippen molar-refractivity contribution in [1.82, 2.24) is 19.5 Å². The van der Waals surface area contributed by atoms with Crippen molar-refractivity contribution in [1.29, 1.82) is 0 Å². The van der Waals surface area contributed by atoms with Crippen molar-refractivity contribution in [3.63, 3.8) is 0 Å². The van der Waals surface area contributed by atoms with Gasteiger partial charge in [-0.25, -0.2) is 15.0 Å². The van der Waals surface area contributed by atoms with Gasteiger partial charge >= 0.3 is 0 Å². The summed E-state index contributed by atoms with van der Waals surface area (Å²) in [4.78, 5) is 12.1. The lowest BCUT2D eigenvalue weighted by atomic mass is 10.3. The molecule has 12 heavy (non-hydrogen) atoms. The van der Waals surface area contributed by atoms with Gasteiger partial charge in [-0.05, 0) is 6.07 Å². The largest absolute Gasteiger partial charge is 0.340 e. The maximum absolute atomic E-state index is 4.16. The van der Waals surface area contributed by atoms with Gasteiger partial charge in [-0.2, -0.15) is 0 Å². The van der Waals surface area contributed by atoms with Crippen LogP contribution in [0.5, 0.6) is 0 Å². The van der Waals surface area contributed by atoms with Crippen molar-refractivity contribution in [3.8, 4) is 11.4 Å². The molecule has 0 saturated heterocycles. The molecule has 0 N–H and O–H groups in total. The standard InChI is InChI=1S/C8H8N4/c1-12-4-8(11-6-12)7-2-3-9-5-10-7/h2-6H,1H3. The molecule has 0 radical (unpaired) electrons. The van der Waals surface area contributed by atoms with Gasteiger partial charge in [0.05, 0.1) is 12.0 Å². The molecule has 0 amide bonds. The summed E-state index contributed by atoms with van der Waals surface area (Å²) in [5.74, 6) is 0. The van der Waals surface area contributed by atoms with Crippen LogP contribution in [0.4, 0.5) is 0 Å². The first-order chi connectivity index (χ1) is 5.86. The van der Waals surface area contributed by atoms with Crippen LogP contribution in [0.3, 0.4) is 0 Å². The molecule has 0 aliphatic heterocycles. The van der Waals surface area contributed by atoms with Gasteiger partial charge < -0.3 is 4.57 Å². The van der Waals surface area contributed by atoms with Crippen LogP contribution in [0.2, 0.25) is 0 Å². The minimum absolute atomic E-state index is 0.852. The Hall–Kier alpha value is -1.71. The zero-order valence-corrected chi connectivity index (χ0v) is 6.68. The van der Waals surface area contributed by atoms with E-state index in [4.69, 9.17) is 0 Å². The fraction of sp³-hybridized carbons (Fsp3) is 0.125. The summed E-state index contributed by atoms with van der Waals surface area (Å²) >= 11 is 0. The van der Waals surface area contributed by atoms with Crippen molar-refractivity contribution >= 4 is 0 Å². The van der Waals surface area contributed by atoms with E-state index in [1.165, 1.54) is 6.33 Å². The molecule has 0 aromatic carbocycles. The lowest BCUT2D eigenvalue weighted by Crippen LogP contribution is -1.83. The van der Waals surface area contributed by atoms with Gasteiger partial charge in [0.2, 0.25) is 0 Å². The Labute approximate surface area is 69.9 Å². The lowest BCUT2D eigenvalue weighted by Gasteiger charge is -1.91. The predicted molar refractivity (Wildman–Crippen MR) is 44.2 cm³/mol. The highest BCUT2D eigenvalue weighted by Crippen LogP contribution is 2.10. The summed E-state index contributed by atoms with van der Waals surface area (Å²) in [5.41, 5.74) is 1.73. The van der Waals surface area contributed by atoms with E-state index < -0.39 is 0 Å². The number of hydrogen-bond acceptors (Lipinski definition) is 3. The summed E-state index contributed by atoms with van der Waals surface area (Å²) in [5, 5.41) is 0. The maximum Gasteiger partial charge on any atom is 0.116 e. The number of aryl methyl sites for hydroxylation is 1. The Bertz CT molecular complexity index is 366. The number of hydrogen-bond donors (Lipinski definition) is 0. The summed E-state index contributed by atoms with van der Waals surface area (Å²) in [6.07, 6.45) is 6.89. The van der Waals surface area contributed by atoms with Crippen LogP contribution in [0.1, 0.15) is 0 Å². The normalized spacial score (nSPS) is 10.1. The lowest BCUT2D eigenvalue weighted by molar-refractivity contribution is 0.913. The Kier molecular flexibility index (Phi) is 1.59. The van der Waals surface area contributed by atoms with Crippen molar-refractivity contribution < 1.29 is 0 Å². The van der Waals surface area contributed by atoms with Crippen LogP contribution in [-0.4, -0.2) is 19.5 Å². The van der Waals surface area contributed by atoms with E-state index in [1.807, 2.05) is 23.9 Å². The van der Waals surface area contributed by atoms with Crippen molar-refractivity contribution in [2.45, 2.75) is 0 Å². The van der Waals surface area contributed by atoms with Gasteiger partial charge in [0.15, 0.2) is 0 Å². The monoisotopic (exact) mass is 160 g/mol. The Morgan fingerprint density at radius 2 is 2.17 bits per heavy atom. The molecule has 4 nitrogen and oxygen atoms in total. The van der Waals surface area contributed by atoms with E-state index in [1.54, 1.807) is 12.5 Å². The van der Waals surface area contributed by atoms with Gasteiger partial charge in [-0.3, -0.25) is 0 Å². The van der Waals surface area contributed by atoms with Crippen LogP contribution >= 0.6 is 0 Å². The van der Waals surface area contributed by atoms with Gasteiger partial charge in [0.25, 0.3) is 0 Å². The zero-order valence-electron chi connectivity index (χ0n) is 6.68. The summed E-state index contributed by atoms with van der Waals surface area (Å²) < 4.78 is 1.89. The van der Waals surface area contributed by atoms with E-state index >= 15 is 0 Å². The third-order valence-corrected chi connectivity index (χ3v) is 1.55. The number of imidazole rings is 1. The molecule has 0 unspecified atom stereocenters. The van der Waals surface area contributed by atoms with E-state index in [2.05, 4.69) is 15.0 Å². The Morgan fingerprint density at radius 1 is 1.25 bits per heavy atom. The number of rotatable bonds is 1. The fourth-order valence-electron chi connectivity index (χ4n) is 0.987. The summed E-state index contributed by atoms with van der Waals surface area (Å²) in [7, 11) is 1.93. The second-order valence-corrected chi connectivity index (χ2v) is 2.52. The minimum atomic E-state index is 0.852. The Morgan fingerprint density at radius 3 is 2.75 bits per heavy atom. The van der Waals surface area contributed by atoms with Crippen LogP contribution < -0.4 is 0 Å². The van der Waals surface area contributed by atoms with Crippen molar-refractivity contribution in [2.75, 3.05) is 0 Å². The molecule has 0 spiro atoms. The molecule has 2 aromatic rings. The first kappa shape index (κ1) is 6.97. The minimum Gasteiger partial charge on any atom is -0.340 e. The second-order valence-electron chi connectivity index (χ2n) is 2.52. The number of nitrogens with zero attached hydrogens (tertiary/aromatic N) is 4. The van der Waals surface area contributed by atoms with E-state index in [9.17, 15) is 0 Å². The summed E-state index contributed by atoms with van der Waals surface area (Å²) in [6.45, 7) is 0. The smallest absolute Gasteiger partial charge is 0.116 e. The highest BCUT2D eigenvalue weighted by Gasteiger charge is 1.99. The summed E-state index contributed by atoms with van der Waals surface area (Å²) in [6, 6.07) is 1.84. The fourth-order valence-corrected chi connectivity index (χ4v) is 0.987. The number of aromatic nitrogens is 4. The molecule has 0 aliphatic rings. The van der Waals surface area contributed by atoms with E-state index in [0.29, 0.717) is 0 Å². The highest BCUT2D eigenvalue weighted by atomic mass is 15.0. The Balaban J connectivity index is 2.45. The molecule has 2 heterocycles. The molecule has 0 bridgehead atoms. The van der Waals surface area contributed by atoms with Crippen molar-refractivity contribution in [3.05, 3.63) is 31.1 Å². The second kappa shape index (κ2) is 2.73. The van der Waals surface area contributed by atoms with Gasteiger partial charge in [-0.15, -0.1) is 0 Å². The van der Waals surface area contributed by atoms with Gasteiger partial charge in [-0.1, -0.05) is 0 Å². The molecule has 0 saturated carbocycles. The highest BCUT2D eigenvalue weighted by molar-refractivity contribution is 5.51. The average molecular weight is 160 g/mol. The maximum atomic E-state index is 4.16. The molecule has 60 valence electrons. The molecular formula is C8H8N4. The van der Waals surface area contributed by atoms with Crippen LogP contribution in [-0.2, 0) is 7.05 Å². The average Bonchev–Trinajstić information content (AvgIpc) is 2.54. The third kappa shape index (κ3) is 1.18. The van der Waals surface area contributed by atoms with Crippen LogP contribution in [0.25, 0.3) is 11.4 Å². The van der Waals surface area contributed by atoms with E-state index in [0.717, 1.165) is 11.4 Å². The van der Waals surface area contributed by atoms with Gasteiger partial charge in [0.1, 0.15) is 12.0 Å². The van der Waals surface area contributed by atoms with E-state index in [-0.39, 0.29) is 0 Å². The first-order valence-electron chi connectivity index (χ1n) is 3.60. The topological polar surface area (TPSA) is 43.6 Å². The first-order valence-corrected chi connectivity index (χ1v) is 3.60. The van der Waals surface area contributed by atoms with Crippen LogP contribution in [0.15, 0.2) is 31.1 Å². The predicted octanol–water partition coefficient (Wildman–Crippen LogP) is 0.877. The van der Waals surface area contributed by atoms with Crippen molar-refractivity contribution in [2.24, 2.45) is 7.05 Å². The molecule has 0 fully saturated rings. The van der Waals surface area contributed by atoms with Crippen LogP contribution in [0, 0.1) is 0 Å². The molecule has 4 heteroatoms. The molecule has 2 aromatic heterocycles. The SMILES string of the molecule is Cn1cnc(-c2ccncn2)c1. The zero-order chi connectivity index (χ0) is 8.39. The molecule has 0 atom stereocenters. The molecule has 0 aliphatic carbocycles.